The molecule has 0 aliphatic carbocycles. The van der Waals surface area contributed by atoms with Gasteiger partial charge in [-0.05, 0) is 34.6 Å². The van der Waals surface area contributed by atoms with Crippen LogP contribution in [-0.4, -0.2) is 606 Å². The number of carboxylic acids is 11. The van der Waals surface area contributed by atoms with Crippen LogP contribution in [0.5, 0.6) is 0 Å². The zero-order valence-corrected chi connectivity index (χ0v) is 81.6. The van der Waals surface area contributed by atoms with E-state index in [1.54, 1.807) is 41.2 Å². The molecular formula is C83H142GdN23O31+2. The third-order valence-corrected chi connectivity index (χ3v) is 24.2. The molecular weight excluding hydrogens is 1970 g/mol. The Balaban J connectivity index is 0.0000490. The fourth-order valence-corrected chi connectivity index (χ4v) is 16.0. The van der Waals surface area contributed by atoms with Gasteiger partial charge < -0.3 is 98.2 Å². The van der Waals surface area contributed by atoms with Crippen molar-refractivity contribution in [3.8, 4) is 0 Å². The number of aliphatic carboxylic acids is 11. The second-order valence-electron chi connectivity index (χ2n) is 34.9. The number of carboxylic acid groups (broad SMARTS) is 11. The Morgan fingerprint density at radius 2 is 0.406 bits per heavy atom. The summed E-state index contributed by atoms with van der Waals surface area (Å²) in [5, 5.41) is 129. The number of rotatable bonds is 49. The molecule has 0 bridgehead atoms. The molecule has 54 nitrogen and oxygen atoms in total. The second kappa shape index (κ2) is 65.5. The van der Waals surface area contributed by atoms with Crippen molar-refractivity contribution in [3.05, 3.63) is 0 Å². The van der Waals surface area contributed by atoms with E-state index in [2.05, 4.69) is 37.2 Å². The van der Waals surface area contributed by atoms with Crippen LogP contribution in [0, 0.1) is 45.4 Å². The van der Waals surface area contributed by atoms with Gasteiger partial charge in [-0.15, -0.1) is 0 Å². The molecule has 0 aromatic rings. The maximum Gasteiger partial charge on any atom is 3.00 e. The fourth-order valence-electron chi connectivity index (χ4n) is 16.0. The smallest absolute Gasteiger partial charge is 0.549 e. The van der Waals surface area contributed by atoms with Crippen molar-refractivity contribution < 1.29 is 192 Å². The number of carbonyl (C=O) groups excluding carboxylic acids is 10. The van der Waals surface area contributed by atoms with Gasteiger partial charge in [0.15, 0.2) is 0 Å². The molecule has 17 N–H and O–H groups in total. The second-order valence-corrected chi connectivity index (χ2v) is 34.9. The van der Waals surface area contributed by atoms with Crippen LogP contribution in [0.15, 0.2) is 0 Å². The summed E-state index contributed by atoms with van der Waals surface area (Å²) in [4.78, 5) is 286. The van der Waals surface area contributed by atoms with Crippen LogP contribution in [0.2, 0.25) is 0 Å². The van der Waals surface area contributed by atoms with E-state index >= 15 is 0 Å². The van der Waals surface area contributed by atoms with Crippen molar-refractivity contribution in [1.29, 1.82) is 0 Å². The number of Topliss-reactive ketones (excluding diaryl/α,β-unsaturated/α-hetero) is 2. The summed E-state index contributed by atoms with van der Waals surface area (Å²) in [7, 11) is 0. The van der Waals surface area contributed by atoms with Crippen LogP contribution in [0.1, 0.15) is 47.5 Å². The van der Waals surface area contributed by atoms with Crippen LogP contribution in [0.4, 0.5) is 0 Å². The van der Waals surface area contributed by atoms with E-state index in [0.29, 0.717) is 0 Å². The van der Waals surface area contributed by atoms with E-state index < -0.39 is 273 Å². The number of carbonyl (C=O) groups is 20. The zero-order chi connectivity index (χ0) is 102. The number of nitrogens with zero attached hydrogens (tertiary/aromatic N) is 16. The van der Waals surface area contributed by atoms with Gasteiger partial charge in [-0.2, -0.15) is 0 Å². The minimum atomic E-state index is -1.85. The van der Waals surface area contributed by atoms with Crippen LogP contribution < -0.4 is 42.3 Å². The van der Waals surface area contributed by atoms with Crippen LogP contribution >= 0.6 is 0 Å². The number of hydrogen-bond acceptors (Lipinski definition) is 37. The minimum Gasteiger partial charge on any atom is -0.549 e. The van der Waals surface area contributed by atoms with E-state index in [1.807, 2.05) is 0 Å². The Morgan fingerprint density at radius 3 is 0.587 bits per heavy atom. The molecule has 1 radical (unpaired) electrons. The van der Waals surface area contributed by atoms with Crippen molar-refractivity contribution in [3.63, 3.8) is 0 Å². The first-order valence-corrected chi connectivity index (χ1v) is 45.6. The molecule has 0 aromatic heterocycles. The van der Waals surface area contributed by atoms with E-state index in [4.69, 9.17) is 0 Å². The van der Waals surface area contributed by atoms with E-state index in [1.165, 1.54) is 71.8 Å². The van der Waals surface area contributed by atoms with Gasteiger partial charge in [-0.25, -0.2) is 0 Å². The van der Waals surface area contributed by atoms with Gasteiger partial charge in [0.25, 0.3) is 0 Å². The molecule has 4 saturated heterocycles. The molecule has 4 unspecified atom stereocenters. The van der Waals surface area contributed by atoms with E-state index in [9.17, 15) is 152 Å². The summed E-state index contributed by atoms with van der Waals surface area (Å²) in [6.45, 7) is -1.05. The SMILES string of the molecule is CC(=O)CN1CCN(CC(=O)O)CCN(C(C)C(=O)CCC(=O)NCC(CNC(=O)CNC(=O)C(C)N2CCN(CC(=O)[O-])CCN(CC(=O)O)CCN(CC(=O)O)CC2)(CNC(=O)CNC(=O)C(C)N2CCN(CC(=O)O)CCN(CC(=O)O)CCN(CC(=O)O)CC2)CNC(=O)CNC(=O)C(C)N2CCN(CC(=O)O)CCN(CC(=O)O)CCN(CC(=O)O)CC2)CCN(CC(=O)O)CC1.[Gd+3]. The van der Waals surface area contributed by atoms with E-state index in [-0.39, 0.29) is 262 Å². The van der Waals surface area contributed by atoms with Crippen LogP contribution in [0.3, 0.4) is 0 Å². The van der Waals surface area contributed by atoms with Gasteiger partial charge in [0.05, 0.1) is 122 Å². The first-order valence-electron chi connectivity index (χ1n) is 45.6. The maximum absolute atomic E-state index is 14.5. The van der Waals surface area contributed by atoms with Crippen molar-refractivity contribution in [2.45, 2.75) is 71.6 Å². The Kier molecular flexibility index (Phi) is 58.2. The molecule has 781 valence electrons. The summed E-state index contributed by atoms with van der Waals surface area (Å²) in [6.07, 6.45) is -1.02. The average molecular weight is 2120 g/mol. The summed E-state index contributed by atoms with van der Waals surface area (Å²) in [6, 6.07) is -4.38. The molecule has 7 amide bonds. The molecule has 4 heterocycles. The molecule has 55 heteroatoms. The summed E-state index contributed by atoms with van der Waals surface area (Å²) in [5.74, 6) is -20.0. The number of ketones is 2. The Hall–Kier alpha value is -9.52. The minimum absolute atomic E-state index is 0. The van der Waals surface area contributed by atoms with Crippen LogP contribution in [0.25, 0.3) is 0 Å². The van der Waals surface area contributed by atoms with Crippen LogP contribution in [-0.2, 0) is 95.9 Å². The molecule has 4 aliphatic rings. The van der Waals surface area contributed by atoms with E-state index in [0.717, 1.165) is 0 Å². The van der Waals surface area contributed by atoms with Gasteiger partial charge in [0.1, 0.15) is 11.6 Å². The van der Waals surface area contributed by atoms with Crippen molar-refractivity contribution in [1.82, 2.24) is 116 Å². The van der Waals surface area contributed by atoms with Gasteiger partial charge in [-0.3, -0.25) is 169 Å². The van der Waals surface area contributed by atoms with Crippen molar-refractivity contribution >= 4 is 119 Å². The van der Waals surface area contributed by atoms with Gasteiger partial charge in [-0.1, -0.05) is 0 Å². The van der Waals surface area contributed by atoms with Gasteiger partial charge in [0, 0.05) is 260 Å². The predicted octanol–water partition coefficient (Wildman–Crippen LogP) is -13.2. The van der Waals surface area contributed by atoms with Gasteiger partial charge >= 0.3 is 99.6 Å². The molecule has 0 spiro atoms. The molecule has 4 rings (SSSR count). The summed E-state index contributed by atoms with van der Waals surface area (Å²) < 4.78 is 0. The molecule has 138 heavy (non-hydrogen) atoms. The molecule has 4 atom stereocenters. The first-order chi connectivity index (χ1) is 64.6. The first kappa shape index (κ1) is 123. The summed E-state index contributed by atoms with van der Waals surface area (Å²) in [5.41, 5.74) is -1.85. The third kappa shape index (κ3) is 52.7. The van der Waals surface area contributed by atoms with Crippen molar-refractivity contribution in [2.24, 2.45) is 5.41 Å². The zero-order valence-electron chi connectivity index (χ0n) is 79.3. The molecule has 4 aliphatic heterocycles. The third-order valence-electron chi connectivity index (χ3n) is 24.2. The Bertz CT molecular complexity index is 3400. The largest absolute Gasteiger partial charge is 3.00 e. The number of hydrogen-bond donors (Lipinski definition) is 17. The topological polar surface area (TPSA) is 703 Å². The number of amides is 7. The normalized spacial score (nSPS) is 19.5. The summed E-state index contributed by atoms with van der Waals surface area (Å²) >= 11 is 0. The maximum atomic E-state index is 14.5. The Labute approximate surface area is 832 Å². The quantitative estimate of drug-likeness (QED) is 0.0269. The predicted molar refractivity (Wildman–Crippen MR) is 481 cm³/mol. The molecule has 0 aromatic carbocycles. The standard InChI is InChI=1S/C83H143N23O31.Gd/c1-59(107)43-91-8-10-95(47-72(119)120)24-32-103(33-25-96(11-9-91)48-73(121)122)60(2)64(108)6-7-65(109)87-55-83(56-88-66(110)40-84-80(135)61(3)104-34-26-97(49-74(123)124)18-12-92(44-69(113)114)13-19-98(27-35-104)50-75(125)126,57-89-67(111)41-85-81(136)62(4)105-36-28-99(51-76(127)128)20-14-93(45-70(115)116)15-21-100(29-37-105)52-77(129)130)58-90-68(112)42-86-82(137)63(5)106-38-30-101(53-78(131)132)22-16-94(46-71(117)118)17-23-102(31-39-106)54-79(133)134;/h60-63H,6-58H2,1-5H3,(H,84,135)(H,85,136)(H,86,137)(H,87,109)(H,88,110)(H,89,111)(H,90,112)(H,113,114)(H,115,116)(H,117,118)(H,119,120)(H,121,122)(H,123,124)(H,125,126)(H,127,128)(H,129,130)(H,131,132)(H,133,134);/q;+3/p-1. The van der Waals surface area contributed by atoms with Gasteiger partial charge in [0.2, 0.25) is 41.4 Å². The monoisotopic (exact) mass is 2110 g/mol. The van der Waals surface area contributed by atoms with Crippen molar-refractivity contribution in [2.75, 3.05) is 334 Å². The number of nitrogens with one attached hydrogen (secondary N) is 7. The fraction of sp³-hybridized carbons (Fsp3) is 0.759. The molecule has 0 saturated carbocycles. The molecule has 4 fully saturated rings. The average Bonchev–Trinajstić information content (AvgIpc) is 0.832. The Morgan fingerprint density at radius 1 is 0.239 bits per heavy atom.